The summed E-state index contributed by atoms with van der Waals surface area (Å²) < 4.78 is 5.57. The first kappa shape index (κ1) is 15.4. The lowest BCUT2D eigenvalue weighted by Crippen LogP contribution is -2.41. The van der Waals surface area contributed by atoms with E-state index in [0.717, 1.165) is 6.42 Å². The first-order valence-corrected chi connectivity index (χ1v) is 6.86. The highest BCUT2D eigenvalue weighted by atomic mass is 16.6. The third-order valence-electron chi connectivity index (χ3n) is 3.61. The number of nitrogens with zero attached hydrogens (tertiary/aromatic N) is 2. The molecule has 1 aromatic carbocycles. The van der Waals surface area contributed by atoms with Crippen LogP contribution in [0.15, 0.2) is 18.2 Å². The fourth-order valence-electron chi connectivity index (χ4n) is 2.53. The lowest BCUT2D eigenvalue weighted by atomic mass is 10.0. The second-order valence-corrected chi connectivity index (χ2v) is 5.01. The van der Waals surface area contributed by atoms with Gasteiger partial charge in [-0.1, -0.05) is 19.1 Å². The van der Waals surface area contributed by atoms with Crippen molar-refractivity contribution in [3.05, 3.63) is 39.4 Å². The summed E-state index contributed by atoms with van der Waals surface area (Å²) in [6.45, 7) is 4.40. The van der Waals surface area contributed by atoms with Gasteiger partial charge < -0.3 is 9.84 Å². The van der Waals surface area contributed by atoms with Crippen LogP contribution in [0.2, 0.25) is 0 Å². The highest BCUT2D eigenvalue weighted by molar-refractivity contribution is 5.94. The predicted molar refractivity (Wildman–Crippen MR) is 75.4 cm³/mol. The number of hydrogen-bond donors (Lipinski definition) is 1. The van der Waals surface area contributed by atoms with Gasteiger partial charge in [-0.25, -0.2) is 4.79 Å². The van der Waals surface area contributed by atoms with Crippen LogP contribution in [0.5, 0.6) is 0 Å². The van der Waals surface area contributed by atoms with Gasteiger partial charge in [-0.05, 0) is 12.0 Å². The van der Waals surface area contributed by atoms with Crippen LogP contribution in [0.4, 0.5) is 5.69 Å². The zero-order valence-corrected chi connectivity index (χ0v) is 11.8. The van der Waals surface area contributed by atoms with Crippen molar-refractivity contribution in [3.63, 3.8) is 0 Å². The van der Waals surface area contributed by atoms with Crippen molar-refractivity contribution < 1.29 is 19.6 Å². The van der Waals surface area contributed by atoms with Crippen molar-refractivity contribution >= 4 is 11.7 Å². The van der Waals surface area contributed by atoms with Gasteiger partial charge in [-0.2, -0.15) is 0 Å². The van der Waals surface area contributed by atoms with E-state index < -0.39 is 10.9 Å². The Balaban J connectivity index is 2.25. The molecule has 114 valence electrons. The molecule has 1 N–H and O–H groups in total. The van der Waals surface area contributed by atoms with Crippen molar-refractivity contribution in [1.29, 1.82) is 0 Å². The SMILES string of the molecule is CCC1CN(Cc2cccc([N+](=O)[O-])c2C(=O)O)CCO1. The van der Waals surface area contributed by atoms with E-state index in [4.69, 9.17) is 4.74 Å². The Morgan fingerprint density at radius 1 is 1.57 bits per heavy atom. The number of nitro groups is 1. The van der Waals surface area contributed by atoms with Crippen LogP contribution in [-0.2, 0) is 11.3 Å². The van der Waals surface area contributed by atoms with E-state index in [-0.39, 0.29) is 17.4 Å². The number of carbonyl (C=O) groups is 1. The molecule has 7 heteroatoms. The summed E-state index contributed by atoms with van der Waals surface area (Å²) in [5, 5.41) is 20.3. The highest BCUT2D eigenvalue weighted by Gasteiger charge is 2.26. The highest BCUT2D eigenvalue weighted by Crippen LogP contribution is 2.24. The van der Waals surface area contributed by atoms with Gasteiger partial charge in [0.2, 0.25) is 0 Å². The number of rotatable bonds is 5. The van der Waals surface area contributed by atoms with Crippen LogP contribution in [0.25, 0.3) is 0 Å². The molecule has 1 aliphatic heterocycles. The maximum Gasteiger partial charge on any atom is 0.343 e. The summed E-state index contributed by atoms with van der Waals surface area (Å²) >= 11 is 0. The van der Waals surface area contributed by atoms with E-state index >= 15 is 0 Å². The largest absolute Gasteiger partial charge is 0.477 e. The number of ether oxygens (including phenoxy) is 1. The molecule has 1 saturated heterocycles. The van der Waals surface area contributed by atoms with Gasteiger partial charge in [0, 0.05) is 25.7 Å². The minimum Gasteiger partial charge on any atom is -0.477 e. The van der Waals surface area contributed by atoms with Gasteiger partial charge >= 0.3 is 5.97 Å². The van der Waals surface area contributed by atoms with Crippen molar-refractivity contribution in [2.75, 3.05) is 19.7 Å². The van der Waals surface area contributed by atoms with E-state index in [0.29, 0.717) is 31.8 Å². The standard InChI is InChI=1S/C14H18N2O5/c1-2-11-9-15(6-7-21-11)8-10-4-3-5-12(16(19)20)13(10)14(17)18/h3-5,11H,2,6-9H2,1H3,(H,17,18). The average Bonchev–Trinajstić information content (AvgIpc) is 2.46. The molecule has 1 unspecified atom stereocenters. The normalized spacial score (nSPS) is 19.4. The summed E-state index contributed by atoms with van der Waals surface area (Å²) in [7, 11) is 0. The predicted octanol–water partition coefficient (Wildman–Crippen LogP) is 1.90. The maximum atomic E-state index is 11.4. The third-order valence-corrected chi connectivity index (χ3v) is 3.61. The van der Waals surface area contributed by atoms with Crippen molar-refractivity contribution in [2.45, 2.75) is 26.0 Å². The van der Waals surface area contributed by atoms with E-state index in [9.17, 15) is 20.0 Å². The molecule has 0 saturated carbocycles. The van der Waals surface area contributed by atoms with Gasteiger partial charge in [0.25, 0.3) is 5.69 Å². The van der Waals surface area contributed by atoms with Crippen molar-refractivity contribution in [1.82, 2.24) is 4.90 Å². The number of morpholine rings is 1. The van der Waals surface area contributed by atoms with E-state index in [1.165, 1.54) is 12.1 Å². The second-order valence-electron chi connectivity index (χ2n) is 5.01. The third kappa shape index (κ3) is 3.56. The molecular weight excluding hydrogens is 276 g/mol. The fraction of sp³-hybridized carbons (Fsp3) is 0.500. The minimum absolute atomic E-state index is 0.130. The zero-order valence-electron chi connectivity index (χ0n) is 11.8. The molecule has 7 nitrogen and oxygen atoms in total. The summed E-state index contributed by atoms with van der Waals surface area (Å²) in [4.78, 5) is 23.8. The molecule has 1 aromatic rings. The molecule has 1 atom stereocenters. The van der Waals surface area contributed by atoms with Gasteiger partial charge in [-0.3, -0.25) is 15.0 Å². The van der Waals surface area contributed by atoms with E-state index in [2.05, 4.69) is 4.90 Å². The number of nitro benzene ring substituents is 1. The van der Waals surface area contributed by atoms with E-state index in [1.54, 1.807) is 6.07 Å². The molecule has 1 fully saturated rings. The first-order chi connectivity index (χ1) is 10.0. The minimum atomic E-state index is -1.27. The molecule has 0 bridgehead atoms. The Kier molecular flexibility index (Phi) is 4.87. The fourth-order valence-corrected chi connectivity index (χ4v) is 2.53. The Labute approximate surface area is 122 Å². The van der Waals surface area contributed by atoms with Gasteiger partial charge in [0.15, 0.2) is 0 Å². The van der Waals surface area contributed by atoms with E-state index in [1.807, 2.05) is 6.92 Å². The molecule has 0 spiro atoms. The quantitative estimate of drug-likeness (QED) is 0.658. The molecule has 1 aliphatic rings. The first-order valence-electron chi connectivity index (χ1n) is 6.86. The Hall–Kier alpha value is -1.99. The molecule has 0 aliphatic carbocycles. The van der Waals surface area contributed by atoms with Crippen LogP contribution in [0.3, 0.4) is 0 Å². The molecule has 0 radical (unpaired) electrons. The second kappa shape index (κ2) is 6.64. The molecule has 1 heterocycles. The topological polar surface area (TPSA) is 92.9 Å². The molecular formula is C14H18N2O5. The Morgan fingerprint density at radius 2 is 2.33 bits per heavy atom. The zero-order chi connectivity index (χ0) is 15.4. The number of carboxylic acids is 1. The Morgan fingerprint density at radius 3 is 2.95 bits per heavy atom. The van der Waals surface area contributed by atoms with Crippen LogP contribution in [-0.4, -0.2) is 46.7 Å². The number of carboxylic acid groups (broad SMARTS) is 1. The van der Waals surface area contributed by atoms with Crippen LogP contribution < -0.4 is 0 Å². The van der Waals surface area contributed by atoms with Gasteiger partial charge in [0.05, 0.1) is 17.6 Å². The molecule has 21 heavy (non-hydrogen) atoms. The number of aromatic carboxylic acids is 1. The summed E-state index contributed by atoms with van der Waals surface area (Å²) in [6.07, 6.45) is 1.02. The van der Waals surface area contributed by atoms with Crippen LogP contribution >= 0.6 is 0 Å². The lowest BCUT2D eigenvalue weighted by molar-refractivity contribution is -0.385. The maximum absolute atomic E-state index is 11.4. The summed E-state index contributed by atoms with van der Waals surface area (Å²) in [5.74, 6) is -1.27. The molecule has 0 aromatic heterocycles. The Bertz CT molecular complexity index is 546. The summed E-state index contributed by atoms with van der Waals surface area (Å²) in [5.41, 5.74) is -0.115. The molecule has 2 rings (SSSR count). The van der Waals surface area contributed by atoms with Gasteiger partial charge in [0.1, 0.15) is 5.56 Å². The van der Waals surface area contributed by atoms with Crippen LogP contribution in [0, 0.1) is 10.1 Å². The number of benzene rings is 1. The number of hydrogen-bond acceptors (Lipinski definition) is 5. The smallest absolute Gasteiger partial charge is 0.343 e. The van der Waals surface area contributed by atoms with Gasteiger partial charge in [-0.15, -0.1) is 0 Å². The van der Waals surface area contributed by atoms with Crippen LogP contribution in [0.1, 0.15) is 29.3 Å². The lowest BCUT2D eigenvalue weighted by Gasteiger charge is -2.32. The van der Waals surface area contributed by atoms with Crippen molar-refractivity contribution in [3.8, 4) is 0 Å². The average molecular weight is 294 g/mol. The summed E-state index contributed by atoms with van der Waals surface area (Å²) in [6, 6.07) is 4.38. The molecule has 0 amide bonds. The van der Waals surface area contributed by atoms with Crippen molar-refractivity contribution in [2.24, 2.45) is 0 Å². The monoisotopic (exact) mass is 294 g/mol.